The Kier molecular flexibility index (Phi) is 5.99. The Balaban J connectivity index is 1.70. The van der Waals surface area contributed by atoms with Crippen LogP contribution < -0.4 is 10.6 Å². The van der Waals surface area contributed by atoms with Crippen LogP contribution in [0.4, 0.5) is 5.00 Å². The molecule has 148 valence electrons. The molecule has 3 N–H and O–H groups in total. The molecule has 0 spiro atoms. The molecule has 0 bridgehead atoms. The van der Waals surface area contributed by atoms with Crippen molar-refractivity contribution in [2.75, 3.05) is 5.32 Å². The Morgan fingerprint density at radius 1 is 1.18 bits per heavy atom. The number of carboxylic acids is 1. The predicted octanol–water partition coefficient (Wildman–Crippen LogP) is 3.66. The highest BCUT2D eigenvalue weighted by atomic mass is 32.1. The average molecular weight is 402 g/mol. The standard InChI is InChI=1S/C20H22N2O5S/c1-11-8-15(16(20(25)26)9-12(11)2)18(24)22-19-14(5-7-28-19)17(23)21-10-13-4-3-6-27-13/h3-7,15-16H,8-10H2,1-2H3,(H,21,23)(H,22,24)(H,25,26)/t15-,16+/m1/s1. The molecular formula is C20H22N2O5S. The lowest BCUT2D eigenvalue weighted by molar-refractivity contribution is -0.146. The van der Waals surface area contributed by atoms with Crippen LogP contribution in [0.3, 0.4) is 0 Å². The first kappa shape index (κ1) is 19.9. The summed E-state index contributed by atoms with van der Waals surface area (Å²) in [5.74, 6) is -2.49. The van der Waals surface area contributed by atoms with Crippen molar-refractivity contribution in [1.82, 2.24) is 5.32 Å². The third kappa shape index (κ3) is 4.33. The second kappa shape index (κ2) is 8.43. The van der Waals surface area contributed by atoms with Gasteiger partial charge in [0.25, 0.3) is 5.91 Å². The molecular weight excluding hydrogens is 380 g/mol. The number of carbonyl (C=O) groups excluding carboxylic acids is 2. The van der Waals surface area contributed by atoms with E-state index in [0.717, 1.165) is 11.1 Å². The first-order valence-corrected chi connectivity index (χ1v) is 9.81. The molecule has 0 aromatic carbocycles. The van der Waals surface area contributed by atoms with Crippen molar-refractivity contribution in [2.24, 2.45) is 11.8 Å². The first-order chi connectivity index (χ1) is 13.4. The molecule has 2 aromatic heterocycles. The summed E-state index contributed by atoms with van der Waals surface area (Å²) in [4.78, 5) is 36.9. The molecule has 28 heavy (non-hydrogen) atoms. The number of rotatable bonds is 6. The van der Waals surface area contributed by atoms with Gasteiger partial charge in [-0.05, 0) is 50.3 Å². The van der Waals surface area contributed by atoms with Gasteiger partial charge in [0.05, 0.1) is 30.2 Å². The van der Waals surface area contributed by atoms with Gasteiger partial charge in [-0.15, -0.1) is 11.3 Å². The lowest BCUT2D eigenvalue weighted by Gasteiger charge is -2.29. The second-order valence-electron chi connectivity index (χ2n) is 6.93. The lowest BCUT2D eigenvalue weighted by Crippen LogP contribution is -2.36. The number of carbonyl (C=O) groups is 3. The minimum atomic E-state index is -0.977. The topological polar surface area (TPSA) is 109 Å². The van der Waals surface area contributed by atoms with E-state index in [0.29, 0.717) is 29.2 Å². The summed E-state index contributed by atoms with van der Waals surface area (Å²) < 4.78 is 5.19. The highest BCUT2D eigenvalue weighted by Crippen LogP contribution is 2.35. The summed E-state index contributed by atoms with van der Waals surface area (Å²) >= 11 is 1.23. The van der Waals surface area contributed by atoms with Gasteiger partial charge in [-0.2, -0.15) is 0 Å². The number of furan rings is 1. The number of thiophene rings is 1. The maximum absolute atomic E-state index is 12.8. The van der Waals surface area contributed by atoms with Crippen molar-refractivity contribution in [3.8, 4) is 0 Å². The zero-order valence-electron chi connectivity index (χ0n) is 15.7. The minimum absolute atomic E-state index is 0.238. The highest BCUT2D eigenvalue weighted by Gasteiger charge is 2.37. The average Bonchev–Trinajstić information content (AvgIpc) is 3.33. The number of hydrogen-bond donors (Lipinski definition) is 3. The third-order valence-electron chi connectivity index (χ3n) is 5.07. The smallest absolute Gasteiger partial charge is 0.307 e. The molecule has 7 nitrogen and oxygen atoms in total. The second-order valence-corrected chi connectivity index (χ2v) is 7.85. The van der Waals surface area contributed by atoms with Gasteiger partial charge < -0.3 is 20.2 Å². The van der Waals surface area contributed by atoms with Crippen LogP contribution in [0.15, 0.2) is 45.4 Å². The molecule has 0 aliphatic heterocycles. The number of amides is 2. The van der Waals surface area contributed by atoms with E-state index in [2.05, 4.69) is 10.6 Å². The quantitative estimate of drug-likeness (QED) is 0.639. The van der Waals surface area contributed by atoms with Crippen molar-refractivity contribution in [3.63, 3.8) is 0 Å². The van der Waals surface area contributed by atoms with E-state index in [1.807, 2.05) is 13.8 Å². The van der Waals surface area contributed by atoms with Gasteiger partial charge in [0.1, 0.15) is 10.8 Å². The van der Waals surface area contributed by atoms with Crippen LogP contribution in [0, 0.1) is 11.8 Å². The van der Waals surface area contributed by atoms with E-state index in [9.17, 15) is 19.5 Å². The van der Waals surface area contributed by atoms with E-state index >= 15 is 0 Å². The fourth-order valence-corrected chi connectivity index (χ4v) is 4.08. The highest BCUT2D eigenvalue weighted by molar-refractivity contribution is 7.14. The van der Waals surface area contributed by atoms with Crippen molar-refractivity contribution >= 4 is 34.1 Å². The molecule has 0 saturated carbocycles. The number of carboxylic acid groups (broad SMARTS) is 1. The maximum Gasteiger partial charge on any atom is 0.307 e. The van der Waals surface area contributed by atoms with Crippen LogP contribution in [-0.2, 0) is 16.1 Å². The van der Waals surface area contributed by atoms with Gasteiger partial charge in [-0.1, -0.05) is 11.1 Å². The minimum Gasteiger partial charge on any atom is -0.481 e. The molecule has 0 fully saturated rings. The fourth-order valence-electron chi connectivity index (χ4n) is 3.29. The van der Waals surface area contributed by atoms with Crippen LogP contribution in [-0.4, -0.2) is 22.9 Å². The molecule has 8 heteroatoms. The van der Waals surface area contributed by atoms with Gasteiger partial charge in [0, 0.05) is 0 Å². The molecule has 1 aliphatic carbocycles. The molecule has 2 amide bonds. The summed E-state index contributed by atoms with van der Waals surface area (Å²) in [5.41, 5.74) is 2.40. The third-order valence-corrected chi connectivity index (χ3v) is 5.90. The zero-order valence-corrected chi connectivity index (χ0v) is 16.5. The number of anilines is 1. The first-order valence-electron chi connectivity index (χ1n) is 8.93. The summed E-state index contributed by atoms with van der Waals surface area (Å²) in [6, 6.07) is 5.12. The fraction of sp³-hybridized carbons (Fsp3) is 0.350. The number of nitrogens with one attached hydrogen (secondary N) is 2. The molecule has 2 atom stereocenters. The summed E-state index contributed by atoms with van der Waals surface area (Å²) in [7, 11) is 0. The van der Waals surface area contributed by atoms with Crippen LogP contribution >= 0.6 is 11.3 Å². The van der Waals surface area contributed by atoms with E-state index in [4.69, 9.17) is 4.42 Å². The van der Waals surface area contributed by atoms with Gasteiger partial charge >= 0.3 is 5.97 Å². The van der Waals surface area contributed by atoms with Crippen LogP contribution in [0.2, 0.25) is 0 Å². The molecule has 2 heterocycles. The summed E-state index contributed by atoms with van der Waals surface area (Å²) in [5, 5.41) is 17.1. The van der Waals surface area contributed by atoms with Crippen molar-refractivity contribution < 1.29 is 23.9 Å². The van der Waals surface area contributed by atoms with Gasteiger partial charge in [-0.25, -0.2) is 0 Å². The van der Waals surface area contributed by atoms with Crippen LogP contribution in [0.1, 0.15) is 42.8 Å². The summed E-state index contributed by atoms with van der Waals surface area (Å²) in [6.45, 7) is 4.06. The molecule has 0 saturated heterocycles. The molecule has 1 aliphatic rings. The SMILES string of the molecule is CC1=C(C)C[C@@H](C(=O)Nc2sccc2C(=O)NCc2ccco2)[C@@H](C(=O)O)C1. The Morgan fingerprint density at radius 3 is 2.54 bits per heavy atom. The summed E-state index contributed by atoms with van der Waals surface area (Å²) in [6.07, 6.45) is 2.29. The Morgan fingerprint density at radius 2 is 1.89 bits per heavy atom. The van der Waals surface area contributed by atoms with E-state index in [-0.39, 0.29) is 18.4 Å². The molecule has 3 rings (SSSR count). The monoisotopic (exact) mass is 402 g/mol. The van der Waals surface area contributed by atoms with E-state index < -0.39 is 17.8 Å². The molecule has 0 unspecified atom stereocenters. The predicted molar refractivity (Wildman–Crippen MR) is 105 cm³/mol. The van der Waals surface area contributed by atoms with Gasteiger partial charge in [-0.3, -0.25) is 14.4 Å². The normalized spacial score (nSPS) is 19.4. The zero-order chi connectivity index (χ0) is 20.3. The number of aliphatic carboxylic acids is 1. The Labute approximate surface area is 166 Å². The van der Waals surface area contributed by atoms with Crippen LogP contribution in [0.5, 0.6) is 0 Å². The van der Waals surface area contributed by atoms with Crippen LogP contribution in [0.25, 0.3) is 0 Å². The van der Waals surface area contributed by atoms with Crippen molar-refractivity contribution in [3.05, 3.63) is 52.3 Å². The van der Waals surface area contributed by atoms with E-state index in [1.54, 1.807) is 23.6 Å². The largest absolute Gasteiger partial charge is 0.481 e. The van der Waals surface area contributed by atoms with E-state index in [1.165, 1.54) is 17.6 Å². The Hall–Kier alpha value is -2.87. The van der Waals surface area contributed by atoms with Crippen molar-refractivity contribution in [2.45, 2.75) is 33.2 Å². The maximum atomic E-state index is 12.8. The van der Waals surface area contributed by atoms with Crippen molar-refractivity contribution in [1.29, 1.82) is 0 Å². The lowest BCUT2D eigenvalue weighted by atomic mass is 9.76. The Bertz CT molecular complexity index is 913. The van der Waals surface area contributed by atoms with Gasteiger partial charge in [0.15, 0.2) is 0 Å². The molecule has 0 radical (unpaired) electrons. The number of hydrogen-bond acceptors (Lipinski definition) is 5. The molecule has 2 aromatic rings. The number of allylic oxidation sites excluding steroid dienone is 2. The van der Waals surface area contributed by atoms with Gasteiger partial charge in [0.2, 0.25) is 5.91 Å².